The fourth-order valence-electron chi connectivity index (χ4n) is 2.66. The number of aldehydes is 1. The van der Waals surface area contributed by atoms with Crippen molar-refractivity contribution in [1.82, 2.24) is 19.6 Å². The number of imidazole rings is 1. The van der Waals surface area contributed by atoms with Crippen LogP contribution in [0.2, 0.25) is 5.02 Å². The number of carbonyl (C=O) groups is 1. The minimum Gasteiger partial charge on any atom is -0.382 e. The molecule has 3 aromatic heterocycles. The molecular formula is C15H9ClFN5O. The summed E-state index contributed by atoms with van der Waals surface area (Å²) in [6.07, 6.45) is 3.85. The number of nitrogen functional groups attached to an aromatic ring is 1. The van der Waals surface area contributed by atoms with Crippen molar-refractivity contribution in [3.63, 3.8) is 0 Å². The van der Waals surface area contributed by atoms with E-state index in [2.05, 4.69) is 15.2 Å². The first kappa shape index (κ1) is 13.7. The number of hydrogen-bond acceptors (Lipinski definition) is 4. The number of halogens is 2. The number of carbonyl (C=O) groups excluding carboxylic acids is 1. The monoisotopic (exact) mass is 329 g/mol. The van der Waals surface area contributed by atoms with Crippen LogP contribution in [0.1, 0.15) is 10.5 Å². The molecule has 0 amide bonds. The standard InChI is InChI=1S/C15H9ClFN5O/c16-14-9(17)3-10-8(4-19-21-10)13(14)7-1-2-12-20-15(18)11(6-23)22(12)5-7/h1-6H,18H2,(H,19,21). The molecule has 0 atom stereocenters. The van der Waals surface area contributed by atoms with Gasteiger partial charge in [0.05, 0.1) is 16.7 Å². The molecule has 6 nitrogen and oxygen atoms in total. The zero-order valence-corrected chi connectivity index (χ0v) is 12.3. The summed E-state index contributed by atoms with van der Waals surface area (Å²) in [5, 5.41) is 7.30. The number of nitrogens with one attached hydrogen (secondary N) is 1. The molecule has 23 heavy (non-hydrogen) atoms. The number of fused-ring (bicyclic) bond motifs is 2. The highest BCUT2D eigenvalue weighted by Gasteiger charge is 2.17. The lowest BCUT2D eigenvalue weighted by atomic mass is 10.0. The Balaban J connectivity index is 2.08. The summed E-state index contributed by atoms with van der Waals surface area (Å²) in [4.78, 5) is 15.3. The van der Waals surface area contributed by atoms with E-state index in [9.17, 15) is 9.18 Å². The van der Waals surface area contributed by atoms with Gasteiger partial charge in [0.2, 0.25) is 0 Å². The molecule has 3 N–H and O–H groups in total. The number of nitrogens with zero attached hydrogens (tertiary/aromatic N) is 3. The van der Waals surface area contributed by atoms with E-state index >= 15 is 0 Å². The van der Waals surface area contributed by atoms with Gasteiger partial charge in [-0.25, -0.2) is 9.37 Å². The van der Waals surface area contributed by atoms with Crippen LogP contribution in [0.15, 0.2) is 30.6 Å². The lowest BCUT2D eigenvalue weighted by Crippen LogP contribution is -1.96. The first-order valence-electron chi connectivity index (χ1n) is 6.64. The van der Waals surface area contributed by atoms with E-state index in [0.29, 0.717) is 34.0 Å². The minimum absolute atomic E-state index is 0.0148. The first-order chi connectivity index (χ1) is 11.1. The van der Waals surface area contributed by atoms with Crippen LogP contribution < -0.4 is 5.73 Å². The number of nitrogens with two attached hydrogens (primary N) is 1. The molecule has 8 heteroatoms. The molecule has 1 aromatic carbocycles. The Morgan fingerprint density at radius 3 is 3.00 bits per heavy atom. The Kier molecular flexibility index (Phi) is 2.85. The van der Waals surface area contributed by atoms with Crippen molar-refractivity contribution >= 4 is 40.3 Å². The lowest BCUT2D eigenvalue weighted by Gasteiger charge is -2.08. The molecule has 0 aliphatic rings. The highest BCUT2D eigenvalue weighted by molar-refractivity contribution is 6.35. The number of H-pyrrole nitrogens is 1. The molecule has 0 aliphatic heterocycles. The molecule has 0 unspecified atom stereocenters. The summed E-state index contributed by atoms with van der Waals surface area (Å²) < 4.78 is 15.6. The highest BCUT2D eigenvalue weighted by atomic mass is 35.5. The van der Waals surface area contributed by atoms with Crippen LogP contribution in [0.5, 0.6) is 0 Å². The third-order valence-corrected chi connectivity index (χ3v) is 4.09. The largest absolute Gasteiger partial charge is 0.382 e. The van der Waals surface area contributed by atoms with Gasteiger partial charge in [-0.15, -0.1) is 0 Å². The quantitative estimate of drug-likeness (QED) is 0.553. The van der Waals surface area contributed by atoms with Crippen molar-refractivity contribution in [2.75, 3.05) is 5.73 Å². The number of aromatic nitrogens is 4. The first-order valence-corrected chi connectivity index (χ1v) is 7.02. The number of benzene rings is 1. The second-order valence-corrected chi connectivity index (χ2v) is 5.40. The second kappa shape index (κ2) is 4.79. The molecular weight excluding hydrogens is 321 g/mol. The highest BCUT2D eigenvalue weighted by Crippen LogP contribution is 2.36. The van der Waals surface area contributed by atoms with Crippen LogP contribution in [-0.4, -0.2) is 25.9 Å². The molecule has 3 heterocycles. The maximum absolute atomic E-state index is 14.1. The number of rotatable bonds is 2. The molecule has 0 spiro atoms. The SMILES string of the molecule is Nc1nc2ccc(-c3c(Cl)c(F)cc4[nH]ncc34)cn2c1C=O. The van der Waals surface area contributed by atoms with Gasteiger partial charge < -0.3 is 5.73 Å². The summed E-state index contributed by atoms with van der Waals surface area (Å²) >= 11 is 6.16. The average molecular weight is 330 g/mol. The zero-order valence-electron chi connectivity index (χ0n) is 11.5. The predicted octanol–water partition coefficient (Wildman–Crippen LogP) is 3.06. The van der Waals surface area contributed by atoms with Gasteiger partial charge in [-0.3, -0.25) is 14.3 Å². The van der Waals surface area contributed by atoms with Gasteiger partial charge in [0.1, 0.15) is 17.2 Å². The molecule has 0 fully saturated rings. The Labute approximate surface area is 133 Å². The van der Waals surface area contributed by atoms with Gasteiger partial charge in [-0.1, -0.05) is 11.6 Å². The number of anilines is 1. The Morgan fingerprint density at radius 2 is 2.22 bits per heavy atom. The topological polar surface area (TPSA) is 89.1 Å². The van der Waals surface area contributed by atoms with E-state index in [1.54, 1.807) is 28.9 Å². The number of aromatic amines is 1. The maximum Gasteiger partial charge on any atom is 0.170 e. The molecule has 0 radical (unpaired) electrons. The van der Waals surface area contributed by atoms with E-state index in [1.807, 2.05) is 0 Å². The van der Waals surface area contributed by atoms with Crippen LogP contribution in [0.25, 0.3) is 27.7 Å². The van der Waals surface area contributed by atoms with Gasteiger partial charge in [-0.2, -0.15) is 5.10 Å². The van der Waals surface area contributed by atoms with Gasteiger partial charge in [0, 0.05) is 28.8 Å². The van der Waals surface area contributed by atoms with E-state index < -0.39 is 5.82 Å². The van der Waals surface area contributed by atoms with Gasteiger partial charge in [0.25, 0.3) is 0 Å². The molecule has 114 valence electrons. The molecule has 0 aliphatic carbocycles. The van der Waals surface area contributed by atoms with Crippen LogP contribution in [0, 0.1) is 5.82 Å². The van der Waals surface area contributed by atoms with E-state index in [-0.39, 0.29) is 16.5 Å². The molecule has 0 saturated carbocycles. The van der Waals surface area contributed by atoms with Crippen molar-refractivity contribution in [2.24, 2.45) is 0 Å². The van der Waals surface area contributed by atoms with Gasteiger partial charge in [-0.05, 0) is 12.1 Å². The fraction of sp³-hybridized carbons (Fsp3) is 0. The summed E-state index contributed by atoms with van der Waals surface area (Å²) in [7, 11) is 0. The zero-order chi connectivity index (χ0) is 16.1. The van der Waals surface area contributed by atoms with Gasteiger partial charge in [0.15, 0.2) is 12.1 Å². The third-order valence-electron chi connectivity index (χ3n) is 3.72. The summed E-state index contributed by atoms with van der Waals surface area (Å²) in [6, 6.07) is 4.72. The summed E-state index contributed by atoms with van der Waals surface area (Å²) in [5.41, 5.74) is 8.11. The molecule has 4 aromatic rings. The Morgan fingerprint density at radius 1 is 1.39 bits per heavy atom. The molecule has 0 saturated heterocycles. The smallest absolute Gasteiger partial charge is 0.170 e. The van der Waals surface area contributed by atoms with Crippen molar-refractivity contribution in [2.45, 2.75) is 0 Å². The van der Waals surface area contributed by atoms with Crippen molar-refractivity contribution in [1.29, 1.82) is 0 Å². The number of pyridine rings is 1. The predicted molar refractivity (Wildman–Crippen MR) is 85.0 cm³/mol. The maximum atomic E-state index is 14.1. The molecule has 4 rings (SSSR count). The van der Waals surface area contributed by atoms with Gasteiger partial charge >= 0.3 is 0 Å². The third kappa shape index (κ3) is 1.90. The summed E-state index contributed by atoms with van der Waals surface area (Å²) in [6.45, 7) is 0. The second-order valence-electron chi connectivity index (χ2n) is 5.02. The fourth-order valence-corrected chi connectivity index (χ4v) is 2.93. The Hall–Kier alpha value is -2.93. The van der Waals surface area contributed by atoms with Crippen molar-refractivity contribution < 1.29 is 9.18 Å². The minimum atomic E-state index is -0.556. The van der Waals surface area contributed by atoms with Crippen LogP contribution in [0.4, 0.5) is 10.2 Å². The lowest BCUT2D eigenvalue weighted by molar-refractivity contribution is 0.111. The molecule has 0 bridgehead atoms. The van der Waals surface area contributed by atoms with E-state index in [1.165, 1.54) is 6.07 Å². The summed E-state index contributed by atoms with van der Waals surface area (Å²) in [5.74, 6) is -0.421. The van der Waals surface area contributed by atoms with E-state index in [0.717, 1.165) is 0 Å². The average Bonchev–Trinajstić information content (AvgIpc) is 3.10. The van der Waals surface area contributed by atoms with Crippen LogP contribution in [0.3, 0.4) is 0 Å². The van der Waals surface area contributed by atoms with Crippen LogP contribution >= 0.6 is 11.6 Å². The van der Waals surface area contributed by atoms with E-state index in [4.69, 9.17) is 17.3 Å². The Bertz CT molecular complexity index is 1080. The number of hydrogen-bond donors (Lipinski definition) is 2. The normalized spacial score (nSPS) is 11.4. The van der Waals surface area contributed by atoms with Crippen molar-refractivity contribution in [3.05, 3.63) is 47.1 Å². The van der Waals surface area contributed by atoms with Crippen molar-refractivity contribution in [3.8, 4) is 11.1 Å². The van der Waals surface area contributed by atoms with Crippen LogP contribution in [-0.2, 0) is 0 Å².